The fourth-order valence-electron chi connectivity index (χ4n) is 3.92. The summed E-state index contributed by atoms with van der Waals surface area (Å²) in [4.78, 5) is 16.7. The number of para-hydroxylation sites is 2. The van der Waals surface area contributed by atoms with Gasteiger partial charge in [-0.2, -0.15) is 10.5 Å². The first-order valence-corrected chi connectivity index (χ1v) is 10.7. The maximum Gasteiger partial charge on any atom is 0.351 e. The number of nitrogens with two attached hydrogens (primary N) is 1. The summed E-state index contributed by atoms with van der Waals surface area (Å²) < 4.78 is 24.7. The molecule has 3 heterocycles. The van der Waals surface area contributed by atoms with Gasteiger partial charge in [0.1, 0.15) is 25.6 Å². The Morgan fingerprint density at radius 3 is 2.91 bits per heavy atom. The van der Waals surface area contributed by atoms with Crippen LogP contribution in [0.4, 0.5) is 0 Å². The molecule has 5 rings (SSSR count). The molecule has 0 spiro atoms. The lowest BCUT2D eigenvalue weighted by Gasteiger charge is -2.26. The molecule has 2 aliphatic rings. The molecule has 0 saturated heterocycles. The zero-order chi connectivity index (χ0) is 23.5. The molecule has 0 bridgehead atoms. The summed E-state index contributed by atoms with van der Waals surface area (Å²) in [6, 6.07) is 14.8. The monoisotopic (exact) mass is 462 g/mol. The van der Waals surface area contributed by atoms with Gasteiger partial charge in [0, 0.05) is 18.2 Å². The number of hydrogen-bond acceptors (Lipinski definition) is 8. The number of benzene rings is 2. The third kappa shape index (κ3) is 4.40. The highest BCUT2D eigenvalue weighted by Gasteiger charge is 2.23. The van der Waals surface area contributed by atoms with Gasteiger partial charge in [-0.1, -0.05) is 17.4 Å². The summed E-state index contributed by atoms with van der Waals surface area (Å²) in [5.41, 5.74) is 14.6. The molecule has 1 unspecified atom stereocenters. The van der Waals surface area contributed by atoms with Crippen molar-refractivity contribution in [3.63, 3.8) is 0 Å². The molecule has 0 fully saturated rings. The Morgan fingerprint density at radius 1 is 1.21 bits per heavy atom. The van der Waals surface area contributed by atoms with E-state index in [9.17, 15) is 4.79 Å². The van der Waals surface area contributed by atoms with E-state index >= 15 is 0 Å². The average Bonchev–Trinajstić information content (AvgIpc) is 2.86. The summed E-state index contributed by atoms with van der Waals surface area (Å²) in [5.74, 6) is 2.31. The lowest BCUT2D eigenvalue weighted by molar-refractivity contribution is 0.0520. The van der Waals surface area contributed by atoms with E-state index in [1.807, 2.05) is 36.4 Å². The number of fused-ring (bicyclic) bond motifs is 4. The molecule has 3 N–H and O–H groups in total. The SMILES string of the molecule is N=NN=C(N)COc1ccc2c(c1)CCn1c-2cc(OCC2COc3ccccc3O2)nc1=O. The van der Waals surface area contributed by atoms with Crippen LogP contribution in [0.3, 0.4) is 0 Å². The van der Waals surface area contributed by atoms with Crippen molar-refractivity contribution in [2.45, 2.75) is 19.1 Å². The Bertz CT molecular complexity index is 1320. The maximum absolute atomic E-state index is 12.7. The quantitative estimate of drug-likeness (QED) is 0.237. The van der Waals surface area contributed by atoms with Crippen molar-refractivity contribution < 1.29 is 18.9 Å². The highest BCUT2D eigenvalue weighted by Crippen LogP contribution is 2.33. The van der Waals surface area contributed by atoms with E-state index in [0.717, 1.165) is 16.8 Å². The number of nitrogens with one attached hydrogen (secondary N) is 1. The van der Waals surface area contributed by atoms with Crippen LogP contribution in [0.5, 0.6) is 23.1 Å². The standard InChI is InChI=1S/C23H22N6O5/c24-21(27-28-25)13-31-15-5-6-17-14(9-15)7-8-29-18(17)10-22(26-23(29)30)33-12-16-11-32-19-3-1-2-4-20(19)34-16/h1-6,9-10,16H,7-8,11-13H2,(H3,24,25,27). The van der Waals surface area contributed by atoms with Crippen LogP contribution in [0.25, 0.3) is 11.3 Å². The van der Waals surface area contributed by atoms with Crippen molar-refractivity contribution in [3.8, 4) is 34.4 Å². The normalized spacial score (nSPS) is 16.2. The number of ether oxygens (including phenoxy) is 4. The van der Waals surface area contributed by atoms with Gasteiger partial charge in [0.15, 0.2) is 23.4 Å². The Labute approximate surface area is 194 Å². The van der Waals surface area contributed by atoms with Crippen molar-refractivity contribution in [2.24, 2.45) is 16.1 Å². The third-order valence-electron chi connectivity index (χ3n) is 5.49. The van der Waals surface area contributed by atoms with Crippen LogP contribution in [0.1, 0.15) is 5.56 Å². The summed E-state index contributed by atoms with van der Waals surface area (Å²) in [6.07, 6.45) is 0.334. The second-order valence-corrected chi connectivity index (χ2v) is 7.77. The zero-order valence-electron chi connectivity index (χ0n) is 18.1. The molecule has 0 radical (unpaired) electrons. The molecule has 11 heteroatoms. The van der Waals surface area contributed by atoms with E-state index in [-0.39, 0.29) is 36.7 Å². The Balaban J connectivity index is 1.32. The van der Waals surface area contributed by atoms with Crippen molar-refractivity contribution in [1.82, 2.24) is 9.55 Å². The number of amidine groups is 1. The first kappa shape index (κ1) is 21.4. The van der Waals surface area contributed by atoms with E-state index in [1.165, 1.54) is 0 Å². The van der Waals surface area contributed by atoms with Crippen LogP contribution < -0.4 is 30.4 Å². The fraction of sp³-hybridized carbons (Fsp3) is 0.261. The molecule has 0 saturated carbocycles. The highest BCUT2D eigenvalue weighted by atomic mass is 16.6. The van der Waals surface area contributed by atoms with Crippen LogP contribution in [-0.2, 0) is 13.0 Å². The second kappa shape index (κ2) is 9.22. The van der Waals surface area contributed by atoms with Crippen molar-refractivity contribution >= 4 is 5.84 Å². The minimum Gasteiger partial charge on any atom is -0.486 e. The molecule has 2 aliphatic heterocycles. The number of rotatable bonds is 7. The van der Waals surface area contributed by atoms with Crippen molar-refractivity contribution in [3.05, 3.63) is 64.6 Å². The Hall–Kier alpha value is -4.41. The zero-order valence-corrected chi connectivity index (χ0v) is 18.1. The van der Waals surface area contributed by atoms with Crippen LogP contribution in [-0.4, -0.2) is 41.3 Å². The molecule has 1 atom stereocenters. The van der Waals surface area contributed by atoms with E-state index < -0.39 is 0 Å². The van der Waals surface area contributed by atoms with Gasteiger partial charge >= 0.3 is 5.69 Å². The highest BCUT2D eigenvalue weighted by molar-refractivity contribution is 5.81. The first-order chi connectivity index (χ1) is 16.6. The summed E-state index contributed by atoms with van der Waals surface area (Å²) in [5, 5.41) is 6.31. The molecule has 0 aliphatic carbocycles. The van der Waals surface area contributed by atoms with Gasteiger partial charge in [0.2, 0.25) is 5.88 Å². The van der Waals surface area contributed by atoms with Crippen molar-refractivity contribution in [2.75, 3.05) is 19.8 Å². The molecule has 11 nitrogen and oxygen atoms in total. The van der Waals surface area contributed by atoms with Crippen LogP contribution >= 0.6 is 0 Å². The minimum absolute atomic E-state index is 0.0244. The van der Waals surface area contributed by atoms with Gasteiger partial charge in [-0.15, -0.1) is 5.10 Å². The van der Waals surface area contributed by atoms with Gasteiger partial charge in [-0.05, 0) is 42.3 Å². The van der Waals surface area contributed by atoms with Gasteiger partial charge in [0.05, 0.1) is 5.69 Å². The number of aryl methyl sites for hydroxylation is 1. The molecule has 3 aromatic rings. The number of nitrogens with zero attached hydrogens (tertiary/aromatic N) is 4. The molecule has 34 heavy (non-hydrogen) atoms. The molecular formula is C23H22N6O5. The largest absolute Gasteiger partial charge is 0.486 e. The summed E-state index contributed by atoms with van der Waals surface area (Å²) in [7, 11) is 0. The average molecular weight is 462 g/mol. The van der Waals surface area contributed by atoms with Gasteiger partial charge in [0.25, 0.3) is 0 Å². The smallest absolute Gasteiger partial charge is 0.351 e. The van der Waals surface area contributed by atoms with Gasteiger partial charge < -0.3 is 24.7 Å². The molecule has 0 amide bonds. The number of aromatic nitrogens is 2. The summed E-state index contributed by atoms with van der Waals surface area (Å²) in [6.45, 7) is 1.06. The van der Waals surface area contributed by atoms with Crippen LogP contribution in [0.2, 0.25) is 0 Å². The molecule has 174 valence electrons. The number of hydrogen-bond donors (Lipinski definition) is 2. The predicted octanol–water partition coefficient (Wildman–Crippen LogP) is 2.37. The van der Waals surface area contributed by atoms with E-state index in [1.54, 1.807) is 16.7 Å². The third-order valence-corrected chi connectivity index (χ3v) is 5.49. The van der Waals surface area contributed by atoms with Gasteiger partial charge in [-0.25, -0.2) is 4.79 Å². The first-order valence-electron chi connectivity index (χ1n) is 10.7. The lowest BCUT2D eigenvalue weighted by Crippen LogP contribution is -2.35. The lowest BCUT2D eigenvalue weighted by atomic mass is 9.97. The van der Waals surface area contributed by atoms with E-state index in [2.05, 4.69) is 15.3 Å². The Morgan fingerprint density at radius 2 is 2.06 bits per heavy atom. The summed E-state index contributed by atoms with van der Waals surface area (Å²) >= 11 is 0. The van der Waals surface area contributed by atoms with E-state index in [4.69, 9.17) is 30.2 Å². The minimum atomic E-state index is -0.368. The van der Waals surface area contributed by atoms with Gasteiger partial charge in [-0.3, -0.25) is 4.57 Å². The van der Waals surface area contributed by atoms with Crippen LogP contribution in [0.15, 0.2) is 63.7 Å². The second-order valence-electron chi connectivity index (χ2n) is 7.77. The van der Waals surface area contributed by atoms with Crippen LogP contribution in [0, 0.1) is 5.53 Å². The van der Waals surface area contributed by atoms with Crippen molar-refractivity contribution in [1.29, 1.82) is 5.53 Å². The maximum atomic E-state index is 12.7. The Kier molecular flexibility index (Phi) is 5.81. The molecule has 1 aromatic heterocycles. The molecular weight excluding hydrogens is 440 g/mol. The topological polar surface area (TPSA) is 146 Å². The molecule has 2 aromatic carbocycles. The fourth-order valence-corrected chi connectivity index (χ4v) is 3.92. The van der Waals surface area contributed by atoms with E-state index in [0.29, 0.717) is 36.8 Å². The predicted molar refractivity (Wildman–Crippen MR) is 122 cm³/mol.